The number of thiophene rings is 1. The number of nitrogens with zero attached hydrogens (tertiary/aromatic N) is 2. The zero-order valence-electron chi connectivity index (χ0n) is 18.5. The molecule has 0 aliphatic heterocycles. The number of para-hydroxylation sites is 1. The molecule has 0 saturated carbocycles. The Bertz CT molecular complexity index is 1300. The molecule has 5 heteroatoms. The Hall–Kier alpha value is -2.92. The van der Waals surface area contributed by atoms with Gasteiger partial charge in [0.2, 0.25) is 0 Å². The van der Waals surface area contributed by atoms with Gasteiger partial charge in [0, 0.05) is 17.5 Å². The lowest BCUT2D eigenvalue weighted by Gasteiger charge is -2.16. The highest BCUT2D eigenvalue weighted by molar-refractivity contribution is 7.17. The lowest BCUT2D eigenvalue weighted by Crippen LogP contribution is -2.20. The number of rotatable bonds is 7. The predicted octanol–water partition coefficient (Wildman–Crippen LogP) is 6.17. The predicted molar refractivity (Wildman–Crippen MR) is 132 cm³/mol. The molecule has 2 aromatic heterocycles. The molecule has 5 rings (SSSR count). The topological polar surface area (TPSA) is 44.1 Å². The van der Waals surface area contributed by atoms with Crippen LogP contribution in [0.15, 0.2) is 59.0 Å². The van der Waals surface area contributed by atoms with Crippen molar-refractivity contribution in [3.8, 4) is 16.9 Å². The van der Waals surface area contributed by atoms with E-state index < -0.39 is 0 Å². The molecule has 4 nitrogen and oxygen atoms in total. The van der Waals surface area contributed by atoms with Crippen molar-refractivity contribution in [1.29, 1.82) is 0 Å². The van der Waals surface area contributed by atoms with E-state index in [-0.39, 0.29) is 5.56 Å². The first kappa shape index (κ1) is 21.0. The van der Waals surface area contributed by atoms with Crippen LogP contribution in [0.5, 0.6) is 5.75 Å². The highest BCUT2D eigenvalue weighted by Gasteiger charge is 2.16. The molecule has 0 N–H and O–H groups in total. The van der Waals surface area contributed by atoms with Crippen molar-refractivity contribution < 1.29 is 4.74 Å². The van der Waals surface area contributed by atoms with Crippen LogP contribution in [0, 0.1) is 6.92 Å². The molecule has 2 heterocycles. The molecule has 0 bridgehead atoms. The Morgan fingerprint density at radius 3 is 2.78 bits per heavy atom. The molecule has 0 radical (unpaired) electrons. The van der Waals surface area contributed by atoms with Crippen LogP contribution in [-0.2, 0) is 19.4 Å². The smallest absolute Gasteiger partial charge is 0.262 e. The second-order valence-corrected chi connectivity index (χ2v) is 9.44. The summed E-state index contributed by atoms with van der Waals surface area (Å²) < 4.78 is 7.64. The lowest BCUT2D eigenvalue weighted by atomic mass is 9.89. The number of hydrogen-bond donors (Lipinski definition) is 0. The van der Waals surface area contributed by atoms with Gasteiger partial charge >= 0.3 is 0 Å². The highest BCUT2D eigenvalue weighted by Crippen LogP contribution is 2.33. The van der Waals surface area contributed by atoms with Crippen LogP contribution >= 0.6 is 11.3 Å². The maximum atomic E-state index is 13.3. The Balaban J connectivity index is 1.31. The Kier molecular flexibility index (Phi) is 6.08. The van der Waals surface area contributed by atoms with Crippen LogP contribution in [0.2, 0.25) is 0 Å². The summed E-state index contributed by atoms with van der Waals surface area (Å²) in [6, 6.07) is 14.8. The normalized spacial score (nSPS) is 13.3. The van der Waals surface area contributed by atoms with E-state index in [9.17, 15) is 4.79 Å². The summed E-state index contributed by atoms with van der Waals surface area (Å²) >= 11 is 1.56. The van der Waals surface area contributed by atoms with Gasteiger partial charge in [-0.25, -0.2) is 4.98 Å². The minimum absolute atomic E-state index is 0.0591. The molecule has 0 unspecified atom stereocenters. The van der Waals surface area contributed by atoms with E-state index >= 15 is 0 Å². The zero-order chi connectivity index (χ0) is 21.9. The number of hydrogen-bond acceptors (Lipinski definition) is 4. The van der Waals surface area contributed by atoms with Gasteiger partial charge in [-0.05, 0) is 73.8 Å². The second kappa shape index (κ2) is 9.29. The van der Waals surface area contributed by atoms with Crippen LogP contribution < -0.4 is 10.3 Å². The van der Waals surface area contributed by atoms with Gasteiger partial charge in [0.05, 0.1) is 18.3 Å². The molecular formula is C27H28N2O2S. The van der Waals surface area contributed by atoms with Crippen LogP contribution in [0.3, 0.4) is 0 Å². The summed E-state index contributed by atoms with van der Waals surface area (Å²) in [5, 5.41) is 2.84. The van der Waals surface area contributed by atoms with Crippen LogP contribution in [0.4, 0.5) is 0 Å². The molecule has 1 aliphatic rings. The van der Waals surface area contributed by atoms with E-state index in [0.717, 1.165) is 51.9 Å². The number of fused-ring (bicyclic) bond motifs is 2. The van der Waals surface area contributed by atoms with Gasteiger partial charge < -0.3 is 4.74 Å². The molecule has 1 aliphatic carbocycles. The Labute approximate surface area is 192 Å². The molecule has 164 valence electrons. The summed E-state index contributed by atoms with van der Waals surface area (Å²) in [5.41, 5.74) is 6.26. The largest absolute Gasteiger partial charge is 0.493 e. The second-order valence-electron chi connectivity index (χ2n) is 8.58. The van der Waals surface area contributed by atoms with Crippen molar-refractivity contribution in [1.82, 2.24) is 9.55 Å². The third kappa shape index (κ3) is 4.22. The van der Waals surface area contributed by atoms with Crippen molar-refractivity contribution in [2.24, 2.45) is 0 Å². The fraction of sp³-hybridized carbons (Fsp3) is 0.333. The molecule has 2 aromatic carbocycles. The van der Waals surface area contributed by atoms with Gasteiger partial charge in [-0.2, -0.15) is 0 Å². The molecule has 0 spiro atoms. The summed E-state index contributed by atoms with van der Waals surface area (Å²) in [6.45, 7) is 3.35. The molecule has 0 amide bonds. The Morgan fingerprint density at radius 2 is 1.91 bits per heavy atom. The Morgan fingerprint density at radius 1 is 1.06 bits per heavy atom. The van der Waals surface area contributed by atoms with E-state index in [0.29, 0.717) is 13.2 Å². The molecular weight excluding hydrogens is 416 g/mol. The van der Waals surface area contributed by atoms with Crippen LogP contribution in [0.25, 0.3) is 21.3 Å². The number of unbranched alkanes of at least 4 members (excludes halogenated alkanes) is 1. The minimum Gasteiger partial charge on any atom is -0.493 e. The third-order valence-electron chi connectivity index (χ3n) is 6.36. The quantitative estimate of drug-likeness (QED) is 0.320. The summed E-state index contributed by atoms with van der Waals surface area (Å²) in [7, 11) is 0. The van der Waals surface area contributed by atoms with Gasteiger partial charge in [-0.1, -0.05) is 36.4 Å². The third-order valence-corrected chi connectivity index (χ3v) is 7.25. The van der Waals surface area contributed by atoms with E-state index in [1.807, 2.05) is 18.2 Å². The SMILES string of the molecule is Cc1ccccc1OCCCCn1cnc2scc(-c3ccc4c(c3)CCCC4)c2c1=O. The van der Waals surface area contributed by atoms with Crippen molar-refractivity contribution >= 4 is 21.6 Å². The molecule has 0 saturated heterocycles. The molecule has 0 fully saturated rings. The van der Waals surface area contributed by atoms with Gasteiger partial charge in [0.15, 0.2) is 0 Å². The summed E-state index contributed by atoms with van der Waals surface area (Å²) in [6.07, 6.45) is 8.29. The van der Waals surface area contributed by atoms with Crippen LogP contribution in [-0.4, -0.2) is 16.2 Å². The number of aromatic nitrogens is 2. The standard InChI is InChI=1S/C27H28N2O2S/c1-19-8-2-5-11-24(19)31-15-7-6-14-29-18-28-26-25(27(29)30)23(17-32-26)22-13-12-20-9-3-4-10-21(20)16-22/h2,5,8,11-13,16-18H,3-4,6-7,9-10,14-15H2,1H3. The lowest BCUT2D eigenvalue weighted by molar-refractivity contribution is 0.301. The van der Waals surface area contributed by atoms with E-state index in [2.05, 4.69) is 41.6 Å². The molecule has 32 heavy (non-hydrogen) atoms. The van der Waals surface area contributed by atoms with Crippen LogP contribution in [0.1, 0.15) is 42.4 Å². The minimum atomic E-state index is 0.0591. The fourth-order valence-corrected chi connectivity index (χ4v) is 5.43. The van der Waals surface area contributed by atoms with E-state index in [4.69, 9.17) is 4.74 Å². The van der Waals surface area contributed by atoms with Crippen molar-refractivity contribution in [3.63, 3.8) is 0 Å². The van der Waals surface area contributed by atoms with E-state index in [1.54, 1.807) is 22.2 Å². The first-order valence-electron chi connectivity index (χ1n) is 11.5. The van der Waals surface area contributed by atoms with Gasteiger partial charge in [0.1, 0.15) is 10.6 Å². The molecule has 0 atom stereocenters. The summed E-state index contributed by atoms with van der Waals surface area (Å²) in [4.78, 5) is 18.7. The van der Waals surface area contributed by atoms with E-state index in [1.165, 1.54) is 30.4 Å². The maximum Gasteiger partial charge on any atom is 0.262 e. The zero-order valence-corrected chi connectivity index (χ0v) is 19.3. The monoisotopic (exact) mass is 444 g/mol. The average molecular weight is 445 g/mol. The van der Waals surface area contributed by atoms with Crippen molar-refractivity contribution in [3.05, 3.63) is 81.2 Å². The number of benzene rings is 2. The highest BCUT2D eigenvalue weighted by atomic mass is 32.1. The summed E-state index contributed by atoms with van der Waals surface area (Å²) in [5.74, 6) is 0.931. The first-order valence-corrected chi connectivity index (χ1v) is 12.4. The van der Waals surface area contributed by atoms with Crippen molar-refractivity contribution in [2.75, 3.05) is 6.61 Å². The maximum absolute atomic E-state index is 13.3. The average Bonchev–Trinajstić information content (AvgIpc) is 3.26. The fourth-order valence-electron chi connectivity index (χ4n) is 4.52. The van der Waals surface area contributed by atoms with Gasteiger partial charge in [0.25, 0.3) is 5.56 Å². The van der Waals surface area contributed by atoms with Gasteiger partial charge in [-0.15, -0.1) is 11.3 Å². The number of ether oxygens (including phenoxy) is 1. The van der Waals surface area contributed by atoms with Crippen molar-refractivity contribution in [2.45, 2.75) is 52.0 Å². The van der Waals surface area contributed by atoms with Gasteiger partial charge in [-0.3, -0.25) is 9.36 Å². The number of aryl methyl sites for hydroxylation is 4. The molecule has 4 aromatic rings. The first-order chi connectivity index (χ1) is 15.7.